The highest BCUT2D eigenvalue weighted by atomic mass is 32.2. The van der Waals surface area contributed by atoms with E-state index in [4.69, 9.17) is 0 Å². The lowest BCUT2D eigenvalue weighted by molar-refractivity contribution is -0.0328. The number of aromatic nitrogens is 1. The van der Waals surface area contributed by atoms with Crippen molar-refractivity contribution in [1.82, 2.24) is 9.88 Å². The molecule has 1 aromatic heterocycles. The van der Waals surface area contributed by atoms with Crippen LogP contribution in [0.3, 0.4) is 0 Å². The van der Waals surface area contributed by atoms with Crippen molar-refractivity contribution in [3.8, 4) is 0 Å². The second kappa shape index (κ2) is 7.84. The Labute approximate surface area is 174 Å². The summed E-state index contributed by atoms with van der Waals surface area (Å²) in [4.78, 5) is 9.52. The van der Waals surface area contributed by atoms with Crippen LogP contribution in [0.25, 0.3) is 0 Å². The van der Waals surface area contributed by atoms with Gasteiger partial charge >= 0.3 is 5.51 Å². The molecule has 2 aromatic rings. The number of benzene rings is 1. The highest BCUT2D eigenvalue weighted by molar-refractivity contribution is 8.00. The summed E-state index contributed by atoms with van der Waals surface area (Å²) in [5, 5.41) is 0. The molecule has 4 rings (SSSR count). The molecule has 1 saturated heterocycles. The molecule has 0 unspecified atom stereocenters. The van der Waals surface area contributed by atoms with Crippen LogP contribution in [0.15, 0.2) is 47.5 Å². The Kier molecular flexibility index (Phi) is 5.55. The van der Waals surface area contributed by atoms with Crippen LogP contribution in [0.5, 0.6) is 0 Å². The Bertz CT molecular complexity index is 847. The quantitative estimate of drug-likeness (QED) is 0.557. The topological polar surface area (TPSA) is 19.4 Å². The SMILES string of the molecule is CC(C)Cc1cc(CN2CN(c3ccc(SC(F)(F)F)cc3)CC23CC3)ccn1. The van der Waals surface area contributed by atoms with E-state index in [0.717, 1.165) is 37.6 Å². The lowest BCUT2D eigenvalue weighted by atomic mass is 10.1. The van der Waals surface area contributed by atoms with Crippen LogP contribution in [0.2, 0.25) is 0 Å². The minimum atomic E-state index is -4.25. The molecular formula is C22H26F3N3S. The van der Waals surface area contributed by atoms with E-state index in [0.29, 0.717) is 5.92 Å². The first-order valence-electron chi connectivity index (χ1n) is 10.0. The number of alkyl halides is 3. The first-order chi connectivity index (χ1) is 13.7. The van der Waals surface area contributed by atoms with Gasteiger partial charge in [-0.1, -0.05) is 13.8 Å². The van der Waals surface area contributed by atoms with Crippen LogP contribution < -0.4 is 4.90 Å². The maximum absolute atomic E-state index is 12.6. The van der Waals surface area contributed by atoms with Gasteiger partial charge in [-0.25, -0.2) is 0 Å². The normalized spacial score (nSPS) is 18.8. The predicted octanol–water partition coefficient (Wildman–Crippen LogP) is 5.70. The van der Waals surface area contributed by atoms with Crippen LogP contribution >= 0.6 is 11.8 Å². The Morgan fingerprint density at radius 2 is 1.86 bits per heavy atom. The van der Waals surface area contributed by atoms with Gasteiger partial charge in [-0.3, -0.25) is 9.88 Å². The van der Waals surface area contributed by atoms with Crippen molar-refractivity contribution < 1.29 is 13.2 Å². The molecule has 0 bridgehead atoms. The number of nitrogens with zero attached hydrogens (tertiary/aromatic N) is 3. The second-order valence-electron chi connectivity index (χ2n) is 8.56. The zero-order chi connectivity index (χ0) is 20.6. The molecule has 0 N–H and O–H groups in total. The highest BCUT2D eigenvalue weighted by Crippen LogP contribution is 2.48. The number of hydrogen-bond donors (Lipinski definition) is 0. The van der Waals surface area contributed by atoms with Gasteiger partial charge in [-0.2, -0.15) is 13.2 Å². The number of rotatable bonds is 6. The molecule has 3 nitrogen and oxygen atoms in total. The second-order valence-corrected chi connectivity index (χ2v) is 9.70. The zero-order valence-electron chi connectivity index (χ0n) is 16.7. The van der Waals surface area contributed by atoms with E-state index >= 15 is 0 Å². The molecule has 0 amide bonds. The Morgan fingerprint density at radius 3 is 2.48 bits per heavy atom. The third kappa shape index (κ3) is 5.07. The Morgan fingerprint density at radius 1 is 1.14 bits per heavy atom. The maximum Gasteiger partial charge on any atom is 0.446 e. The van der Waals surface area contributed by atoms with Gasteiger partial charge in [0.2, 0.25) is 0 Å². The van der Waals surface area contributed by atoms with Gasteiger partial charge in [0.25, 0.3) is 0 Å². The first-order valence-corrected chi connectivity index (χ1v) is 10.8. The minimum Gasteiger partial charge on any atom is -0.357 e. The molecule has 0 atom stereocenters. The van der Waals surface area contributed by atoms with E-state index < -0.39 is 5.51 Å². The molecule has 1 spiro atoms. The summed E-state index contributed by atoms with van der Waals surface area (Å²) in [5.74, 6) is 0.577. The number of anilines is 1. The molecule has 7 heteroatoms. The summed E-state index contributed by atoms with van der Waals surface area (Å²) in [6.07, 6.45) is 5.23. The lowest BCUT2D eigenvalue weighted by Crippen LogP contribution is -2.32. The monoisotopic (exact) mass is 421 g/mol. The van der Waals surface area contributed by atoms with Crippen molar-refractivity contribution in [2.45, 2.75) is 55.6 Å². The van der Waals surface area contributed by atoms with Gasteiger partial charge in [0.1, 0.15) is 0 Å². The zero-order valence-corrected chi connectivity index (χ0v) is 17.6. The maximum atomic E-state index is 12.6. The van der Waals surface area contributed by atoms with Crippen molar-refractivity contribution in [1.29, 1.82) is 0 Å². The van der Waals surface area contributed by atoms with Crippen molar-refractivity contribution in [3.63, 3.8) is 0 Å². The third-order valence-electron chi connectivity index (χ3n) is 5.63. The van der Waals surface area contributed by atoms with E-state index in [1.54, 1.807) is 24.3 Å². The van der Waals surface area contributed by atoms with E-state index in [2.05, 4.69) is 40.8 Å². The molecule has 2 aliphatic rings. The number of halogens is 3. The summed E-state index contributed by atoms with van der Waals surface area (Å²) in [5.41, 5.74) is -0.637. The third-order valence-corrected chi connectivity index (χ3v) is 6.37. The minimum absolute atomic E-state index is 0.0630. The lowest BCUT2D eigenvalue weighted by Gasteiger charge is -2.23. The molecule has 1 aliphatic heterocycles. The summed E-state index contributed by atoms with van der Waals surface area (Å²) in [6, 6.07) is 11.0. The molecule has 1 aromatic carbocycles. The van der Waals surface area contributed by atoms with Gasteiger partial charge in [0.15, 0.2) is 0 Å². The van der Waals surface area contributed by atoms with Gasteiger partial charge < -0.3 is 4.90 Å². The highest BCUT2D eigenvalue weighted by Gasteiger charge is 2.53. The van der Waals surface area contributed by atoms with Crippen LogP contribution in [0.4, 0.5) is 18.9 Å². The molecule has 1 saturated carbocycles. The van der Waals surface area contributed by atoms with Crippen molar-refractivity contribution in [2.24, 2.45) is 5.92 Å². The molecule has 2 fully saturated rings. The molecule has 29 heavy (non-hydrogen) atoms. The fraction of sp³-hybridized carbons (Fsp3) is 0.500. The average molecular weight is 422 g/mol. The summed E-state index contributed by atoms with van der Waals surface area (Å²) in [7, 11) is 0. The van der Waals surface area contributed by atoms with Crippen molar-refractivity contribution in [2.75, 3.05) is 18.1 Å². The summed E-state index contributed by atoms with van der Waals surface area (Å²) in [6.45, 7) is 7.01. The fourth-order valence-corrected chi connectivity index (χ4v) is 4.65. The summed E-state index contributed by atoms with van der Waals surface area (Å²) < 4.78 is 37.7. The fourth-order valence-electron chi connectivity index (χ4n) is 4.11. The van der Waals surface area contributed by atoms with Crippen LogP contribution in [-0.2, 0) is 13.0 Å². The van der Waals surface area contributed by atoms with E-state index in [-0.39, 0.29) is 22.2 Å². The molecule has 2 heterocycles. The van der Waals surface area contributed by atoms with Gasteiger partial charge in [0, 0.05) is 41.1 Å². The first kappa shape index (κ1) is 20.5. The summed E-state index contributed by atoms with van der Waals surface area (Å²) >= 11 is -0.0630. The van der Waals surface area contributed by atoms with E-state index in [1.807, 2.05) is 6.20 Å². The largest absolute Gasteiger partial charge is 0.446 e. The predicted molar refractivity (Wildman–Crippen MR) is 111 cm³/mol. The Balaban J connectivity index is 1.44. The Hall–Kier alpha value is -1.73. The molecular weight excluding hydrogens is 395 g/mol. The van der Waals surface area contributed by atoms with Crippen LogP contribution in [0.1, 0.15) is 37.9 Å². The molecule has 1 aliphatic carbocycles. The van der Waals surface area contributed by atoms with Crippen molar-refractivity contribution >= 4 is 17.4 Å². The number of hydrogen-bond acceptors (Lipinski definition) is 4. The van der Waals surface area contributed by atoms with Crippen LogP contribution in [-0.4, -0.2) is 34.1 Å². The van der Waals surface area contributed by atoms with Gasteiger partial charge in [-0.15, -0.1) is 0 Å². The number of thioether (sulfide) groups is 1. The van der Waals surface area contributed by atoms with E-state index in [1.165, 1.54) is 18.4 Å². The van der Waals surface area contributed by atoms with Crippen LogP contribution in [0, 0.1) is 5.92 Å². The molecule has 156 valence electrons. The smallest absolute Gasteiger partial charge is 0.357 e. The molecule has 0 radical (unpaired) electrons. The van der Waals surface area contributed by atoms with E-state index in [9.17, 15) is 13.2 Å². The van der Waals surface area contributed by atoms with Crippen molar-refractivity contribution in [3.05, 3.63) is 53.9 Å². The van der Waals surface area contributed by atoms with Gasteiger partial charge in [0.05, 0.1) is 6.67 Å². The number of pyridine rings is 1. The average Bonchev–Trinajstić information content (AvgIpc) is 3.31. The standard InChI is InChI=1S/C22H26F3N3S/c1-16(2)11-18-12-17(7-10-26-18)13-28-15-27(14-21(28)8-9-21)19-3-5-20(6-4-19)29-22(23,24)25/h3-7,10,12,16H,8-9,11,13-15H2,1-2H3. The van der Waals surface area contributed by atoms with Gasteiger partial charge in [-0.05, 0) is 78.9 Å².